The highest BCUT2D eigenvalue weighted by Gasteiger charge is 2.30. The standard InChI is InChI=1S/C12H22/c1-2-10-7-8-11-5-3-4-6-12(11)9-10/h10-12H,2-9H2,1H3/t10-,11+,12-/m1/s1. The van der Waals surface area contributed by atoms with Crippen molar-refractivity contribution in [1.29, 1.82) is 0 Å². The van der Waals surface area contributed by atoms with Gasteiger partial charge in [-0.05, 0) is 30.6 Å². The van der Waals surface area contributed by atoms with Crippen LogP contribution < -0.4 is 0 Å². The Morgan fingerprint density at radius 3 is 2.42 bits per heavy atom. The van der Waals surface area contributed by atoms with E-state index in [0.717, 1.165) is 17.8 Å². The van der Waals surface area contributed by atoms with Gasteiger partial charge in [0.2, 0.25) is 0 Å². The Morgan fingerprint density at radius 2 is 1.67 bits per heavy atom. The molecule has 70 valence electrons. The van der Waals surface area contributed by atoms with Crippen LogP contribution in [-0.2, 0) is 0 Å². The molecule has 0 bridgehead atoms. The first-order chi connectivity index (χ1) is 5.90. The number of hydrogen-bond acceptors (Lipinski definition) is 0. The van der Waals surface area contributed by atoms with Crippen molar-refractivity contribution in [3.8, 4) is 0 Å². The van der Waals surface area contributed by atoms with Gasteiger partial charge in [0, 0.05) is 0 Å². The van der Waals surface area contributed by atoms with Crippen molar-refractivity contribution >= 4 is 0 Å². The van der Waals surface area contributed by atoms with Gasteiger partial charge < -0.3 is 0 Å². The van der Waals surface area contributed by atoms with Gasteiger partial charge in [-0.25, -0.2) is 0 Å². The summed E-state index contributed by atoms with van der Waals surface area (Å²) in [5.41, 5.74) is 0. The molecule has 2 rings (SSSR count). The van der Waals surface area contributed by atoms with Gasteiger partial charge in [0.05, 0.1) is 0 Å². The smallest absolute Gasteiger partial charge is 0.0383 e. The lowest BCUT2D eigenvalue weighted by Crippen LogP contribution is -2.27. The second-order valence-corrected chi connectivity index (χ2v) is 4.89. The predicted molar refractivity (Wildman–Crippen MR) is 53.1 cm³/mol. The first kappa shape index (κ1) is 8.59. The summed E-state index contributed by atoms with van der Waals surface area (Å²) in [5, 5.41) is 0. The Hall–Kier alpha value is 0. The Balaban J connectivity index is 1.90. The van der Waals surface area contributed by atoms with Crippen molar-refractivity contribution in [3.05, 3.63) is 0 Å². The molecule has 0 amide bonds. The molecular formula is C12H22. The zero-order valence-corrected chi connectivity index (χ0v) is 8.39. The van der Waals surface area contributed by atoms with Crippen LogP contribution >= 0.6 is 0 Å². The molecule has 2 fully saturated rings. The van der Waals surface area contributed by atoms with E-state index in [1.165, 1.54) is 25.7 Å². The summed E-state index contributed by atoms with van der Waals surface area (Å²) in [4.78, 5) is 0. The molecule has 3 atom stereocenters. The van der Waals surface area contributed by atoms with Gasteiger partial charge in [-0.1, -0.05) is 45.4 Å². The van der Waals surface area contributed by atoms with E-state index in [-0.39, 0.29) is 0 Å². The summed E-state index contributed by atoms with van der Waals surface area (Å²) in [6, 6.07) is 0. The second kappa shape index (κ2) is 3.81. The molecule has 0 radical (unpaired) electrons. The van der Waals surface area contributed by atoms with Crippen LogP contribution in [0.1, 0.15) is 58.3 Å². The molecule has 0 aromatic rings. The molecule has 0 heteroatoms. The highest BCUT2D eigenvalue weighted by atomic mass is 14.4. The maximum Gasteiger partial charge on any atom is -0.0383 e. The molecule has 12 heavy (non-hydrogen) atoms. The molecule has 0 nitrogen and oxygen atoms in total. The fourth-order valence-corrected chi connectivity index (χ4v) is 3.34. The van der Waals surface area contributed by atoms with Crippen LogP contribution in [0.3, 0.4) is 0 Å². The normalized spacial score (nSPS) is 42.2. The summed E-state index contributed by atoms with van der Waals surface area (Å²) in [7, 11) is 0. The molecule has 2 aliphatic rings. The maximum absolute atomic E-state index is 2.37. The van der Waals surface area contributed by atoms with E-state index in [2.05, 4.69) is 6.92 Å². The van der Waals surface area contributed by atoms with Crippen molar-refractivity contribution < 1.29 is 0 Å². The molecule has 2 saturated carbocycles. The minimum Gasteiger partial charge on any atom is -0.0651 e. The highest BCUT2D eigenvalue weighted by molar-refractivity contribution is 4.82. The number of fused-ring (bicyclic) bond motifs is 1. The summed E-state index contributed by atoms with van der Waals surface area (Å²) in [6.45, 7) is 2.37. The van der Waals surface area contributed by atoms with Crippen LogP contribution in [-0.4, -0.2) is 0 Å². The lowest BCUT2D eigenvalue weighted by Gasteiger charge is -2.39. The molecule has 0 saturated heterocycles. The van der Waals surface area contributed by atoms with E-state index >= 15 is 0 Å². The molecule has 2 aliphatic carbocycles. The van der Waals surface area contributed by atoms with Crippen molar-refractivity contribution in [3.63, 3.8) is 0 Å². The largest absolute Gasteiger partial charge is 0.0651 e. The van der Waals surface area contributed by atoms with E-state index in [9.17, 15) is 0 Å². The van der Waals surface area contributed by atoms with Crippen LogP contribution in [0, 0.1) is 17.8 Å². The van der Waals surface area contributed by atoms with E-state index < -0.39 is 0 Å². The van der Waals surface area contributed by atoms with Crippen LogP contribution in [0.2, 0.25) is 0 Å². The second-order valence-electron chi connectivity index (χ2n) is 4.89. The summed E-state index contributed by atoms with van der Waals surface area (Å²) in [6.07, 6.45) is 12.3. The van der Waals surface area contributed by atoms with E-state index in [4.69, 9.17) is 0 Å². The van der Waals surface area contributed by atoms with Crippen molar-refractivity contribution in [2.24, 2.45) is 17.8 Å². The predicted octanol–water partition coefficient (Wildman–Crippen LogP) is 4.00. The average molecular weight is 166 g/mol. The third-order valence-electron chi connectivity index (χ3n) is 4.23. The van der Waals surface area contributed by atoms with E-state index in [1.54, 1.807) is 25.7 Å². The van der Waals surface area contributed by atoms with Gasteiger partial charge in [-0.3, -0.25) is 0 Å². The third kappa shape index (κ3) is 1.67. The van der Waals surface area contributed by atoms with Crippen LogP contribution in [0.25, 0.3) is 0 Å². The van der Waals surface area contributed by atoms with Gasteiger partial charge in [0.15, 0.2) is 0 Å². The Kier molecular flexibility index (Phi) is 2.73. The summed E-state index contributed by atoms with van der Waals surface area (Å²) < 4.78 is 0. The van der Waals surface area contributed by atoms with Crippen LogP contribution in [0.15, 0.2) is 0 Å². The van der Waals surface area contributed by atoms with Crippen LogP contribution in [0.5, 0.6) is 0 Å². The Morgan fingerprint density at radius 1 is 0.917 bits per heavy atom. The molecule has 0 aromatic carbocycles. The number of hydrogen-bond donors (Lipinski definition) is 0. The van der Waals surface area contributed by atoms with Crippen LogP contribution in [0.4, 0.5) is 0 Å². The lowest BCUT2D eigenvalue weighted by molar-refractivity contribution is 0.128. The summed E-state index contributed by atoms with van der Waals surface area (Å²) in [5.74, 6) is 3.36. The van der Waals surface area contributed by atoms with Gasteiger partial charge in [0.25, 0.3) is 0 Å². The molecule has 0 heterocycles. The monoisotopic (exact) mass is 166 g/mol. The molecular weight excluding hydrogens is 144 g/mol. The zero-order chi connectivity index (χ0) is 8.39. The lowest BCUT2D eigenvalue weighted by atomic mass is 9.67. The SMILES string of the molecule is CC[C@@H]1CC[C@@H]2CCCC[C@@H]2C1. The molecule has 0 aliphatic heterocycles. The number of rotatable bonds is 1. The minimum absolute atomic E-state index is 1.09. The first-order valence-electron chi connectivity index (χ1n) is 5.90. The van der Waals surface area contributed by atoms with Gasteiger partial charge >= 0.3 is 0 Å². The molecule has 0 spiro atoms. The topological polar surface area (TPSA) is 0 Å². The van der Waals surface area contributed by atoms with Crippen molar-refractivity contribution in [1.82, 2.24) is 0 Å². The Bertz CT molecular complexity index is 139. The Labute approximate surface area is 76.7 Å². The van der Waals surface area contributed by atoms with Gasteiger partial charge in [0.1, 0.15) is 0 Å². The molecule has 0 aromatic heterocycles. The van der Waals surface area contributed by atoms with E-state index in [1.807, 2.05) is 0 Å². The minimum atomic E-state index is 1.09. The summed E-state index contributed by atoms with van der Waals surface area (Å²) >= 11 is 0. The third-order valence-corrected chi connectivity index (χ3v) is 4.23. The van der Waals surface area contributed by atoms with Crippen molar-refractivity contribution in [2.75, 3.05) is 0 Å². The quantitative estimate of drug-likeness (QED) is 0.552. The fourth-order valence-electron chi connectivity index (χ4n) is 3.34. The maximum atomic E-state index is 2.37. The van der Waals surface area contributed by atoms with Gasteiger partial charge in [-0.15, -0.1) is 0 Å². The average Bonchev–Trinajstić information content (AvgIpc) is 2.17. The van der Waals surface area contributed by atoms with E-state index in [0.29, 0.717) is 0 Å². The highest BCUT2D eigenvalue weighted by Crippen LogP contribution is 2.43. The van der Waals surface area contributed by atoms with Gasteiger partial charge in [-0.2, -0.15) is 0 Å². The molecule has 0 N–H and O–H groups in total. The van der Waals surface area contributed by atoms with Crippen molar-refractivity contribution in [2.45, 2.75) is 58.3 Å². The zero-order valence-electron chi connectivity index (χ0n) is 8.39. The first-order valence-corrected chi connectivity index (χ1v) is 5.90. The molecule has 0 unspecified atom stereocenters. The fraction of sp³-hybridized carbons (Fsp3) is 1.00.